The highest BCUT2D eigenvalue weighted by Gasteiger charge is 2.17. The lowest BCUT2D eigenvalue weighted by atomic mass is 10.2. The zero-order chi connectivity index (χ0) is 15.4. The van der Waals surface area contributed by atoms with Gasteiger partial charge in [-0.25, -0.2) is 14.8 Å². The molecule has 1 aliphatic heterocycles. The van der Waals surface area contributed by atoms with Crippen molar-refractivity contribution in [2.75, 3.05) is 18.0 Å². The second kappa shape index (κ2) is 6.51. The van der Waals surface area contributed by atoms with Crippen LogP contribution in [0.2, 0.25) is 0 Å². The molecule has 114 valence electrons. The lowest BCUT2D eigenvalue weighted by Gasteiger charge is -2.22. The first-order valence-electron chi connectivity index (χ1n) is 7.52. The maximum atomic E-state index is 11.4. The summed E-state index contributed by atoms with van der Waals surface area (Å²) in [6.45, 7) is 1.81. The lowest BCUT2D eigenvalue weighted by molar-refractivity contribution is 0.0690. The Morgan fingerprint density at radius 2 is 1.91 bits per heavy atom. The zero-order valence-corrected chi connectivity index (χ0v) is 12.3. The van der Waals surface area contributed by atoms with Crippen LogP contribution in [0.25, 0.3) is 11.4 Å². The number of carbonyl (C=O) groups is 1. The van der Waals surface area contributed by atoms with Gasteiger partial charge in [0.1, 0.15) is 5.82 Å². The van der Waals surface area contributed by atoms with Gasteiger partial charge >= 0.3 is 5.97 Å². The van der Waals surface area contributed by atoms with Crippen molar-refractivity contribution in [1.29, 1.82) is 0 Å². The summed E-state index contributed by atoms with van der Waals surface area (Å²) < 4.78 is 0. The molecule has 0 spiro atoms. The van der Waals surface area contributed by atoms with Gasteiger partial charge in [-0.05, 0) is 25.0 Å². The molecular formula is C16H18N4O2. The summed E-state index contributed by atoms with van der Waals surface area (Å²) in [4.78, 5) is 26.3. The maximum Gasteiger partial charge on any atom is 0.354 e. The van der Waals surface area contributed by atoms with E-state index in [9.17, 15) is 9.90 Å². The fourth-order valence-corrected chi connectivity index (χ4v) is 2.63. The first kappa shape index (κ1) is 14.4. The number of rotatable bonds is 3. The Morgan fingerprint density at radius 1 is 1.14 bits per heavy atom. The van der Waals surface area contributed by atoms with Crippen LogP contribution in [-0.4, -0.2) is 39.1 Å². The highest BCUT2D eigenvalue weighted by atomic mass is 16.4. The van der Waals surface area contributed by atoms with Crippen molar-refractivity contribution in [2.45, 2.75) is 25.7 Å². The van der Waals surface area contributed by atoms with Crippen LogP contribution in [-0.2, 0) is 0 Å². The van der Waals surface area contributed by atoms with Crippen LogP contribution in [0.4, 0.5) is 5.82 Å². The molecule has 3 rings (SSSR count). The molecular weight excluding hydrogens is 280 g/mol. The van der Waals surface area contributed by atoms with E-state index in [0.717, 1.165) is 31.5 Å². The first-order chi connectivity index (χ1) is 10.7. The molecule has 0 atom stereocenters. The summed E-state index contributed by atoms with van der Waals surface area (Å²) >= 11 is 0. The summed E-state index contributed by atoms with van der Waals surface area (Å²) in [6, 6.07) is 5.19. The summed E-state index contributed by atoms with van der Waals surface area (Å²) in [6.07, 6.45) is 7.95. The third-order valence-corrected chi connectivity index (χ3v) is 3.78. The van der Waals surface area contributed by atoms with Crippen molar-refractivity contribution in [2.24, 2.45) is 0 Å². The minimum atomic E-state index is -1.04. The smallest absolute Gasteiger partial charge is 0.354 e. The Bertz CT molecular complexity index is 652. The number of aromatic carboxylic acids is 1. The first-order valence-corrected chi connectivity index (χ1v) is 7.52. The fraction of sp³-hybridized carbons (Fsp3) is 0.375. The Kier molecular flexibility index (Phi) is 4.27. The number of carboxylic acid groups (broad SMARTS) is 1. The van der Waals surface area contributed by atoms with Gasteiger partial charge in [-0.1, -0.05) is 12.8 Å². The van der Waals surface area contributed by atoms with E-state index in [4.69, 9.17) is 0 Å². The number of hydrogen-bond acceptors (Lipinski definition) is 5. The third kappa shape index (κ3) is 3.21. The van der Waals surface area contributed by atoms with E-state index < -0.39 is 5.97 Å². The van der Waals surface area contributed by atoms with Gasteiger partial charge in [0.15, 0.2) is 11.5 Å². The summed E-state index contributed by atoms with van der Waals surface area (Å²) in [5.74, 6) is 0.0593. The van der Waals surface area contributed by atoms with Crippen molar-refractivity contribution >= 4 is 11.8 Å². The number of nitrogens with zero attached hydrogens (tertiary/aromatic N) is 4. The molecule has 0 saturated carbocycles. The predicted molar refractivity (Wildman–Crippen MR) is 82.9 cm³/mol. The number of anilines is 1. The van der Waals surface area contributed by atoms with E-state index >= 15 is 0 Å². The topological polar surface area (TPSA) is 79.2 Å². The van der Waals surface area contributed by atoms with Gasteiger partial charge < -0.3 is 10.0 Å². The standard InChI is InChI=1S/C16H18N4O2/c21-16(22)13-10-14(20-8-3-1-2-4-9-20)19-15(18-13)12-6-5-7-17-11-12/h5-7,10-11H,1-4,8-9H2,(H,21,22). The maximum absolute atomic E-state index is 11.4. The molecule has 2 aromatic heterocycles. The van der Waals surface area contributed by atoms with Crippen LogP contribution in [0.3, 0.4) is 0 Å². The Balaban J connectivity index is 2.02. The van der Waals surface area contributed by atoms with Gasteiger partial charge in [-0.3, -0.25) is 4.98 Å². The SMILES string of the molecule is O=C(O)c1cc(N2CCCCCC2)nc(-c2cccnc2)n1. The average Bonchev–Trinajstić information content (AvgIpc) is 2.84. The van der Waals surface area contributed by atoms with E-state index in [0.29, 0.717) is 11.6 Å². The Morgan fingerprint density at radius 3 is 2.55 bits per heavy atom. The van der Waals surface area contributed by atoms with Crippen LogP contribution in [0.15, 0.2) is 30.6 Å². The van der Waals surface area contributed by atoms with Crippen LogP contribution in [0.5, 0.6) is 0 Å². The fourth-order valence-electron chi connectivity index (χ4n) is 2.63. The summed E-state index contributed by atoms with van der Waals surface area (Å²) in [5.41, 5.74) is 0.745. The molecule has 0 aliphatic carbocycles. The van der Waals surface area contributed by atoms with E-state index in [2.05, 4.69) is 19.9 Å². The number of carboxylic acids is 1. The van der Waals surface area contributed by atoms with Crippen LogP contribution < -0.4 is 4.90 Å². The minimum absolute atomic E-state index is 0.0214. The molecule has 0 unspecified atom stereocenters. The van der Waals surface area contributed by atoms with Gasteiger partial charge in [-0.15, -0.1) is 0 Å². The van der Waals surface area contributed by atoms with Gasteiger partial charge in [0, 0.05) is 37.1 Å². The van der Waals surface area contributed by atoms with Gasteiger partial charge in [0.2, 0.25) is 0 Å². The molecule has 0 aromatic carbocycles. The van der Waals surface area contributed by atoms with Gasteiger partial charge in [-0.2, -0.15) is 0 Å². The molecule has 1 fully saturated rings. The molecule has 0 radical (unpaired) electrons. The lowest BCUT2D eigenvalue weighted by Crippen LogP contribution is -2.25. The van der Waals surface area contributed by atoms with E-state index in [1.54, 1.807) is 24.5 Å². The summed E-state index contributed by atoms with van der Waals surface area (Å²) in [7, 11) is 0. The predicted octanol–water partition coefficient (Wildman–Crippen LogP) is 2.62. The monoisotopic (exact) mass is 298 g/mol. The van der Waals surface area contributed by atoms with E-state index in [1.165, 1.54) is 12.8 Å². The molecule has 3 heterocycles. The summed E-state index contributed by atoms with van der Waals surface area (Å²) in [5, 5.41) is 9.31. The number of pyridine rings is 1. The minimum Gasteiger partial charge on any atom is -0.477 e. The van der Waals surface area contributed by atoms with Crippen LogP contribution >= 0.6 is 0 Å². The normalized spacial score (nSPS) is 15.4. The quantitative estimate of drug-likeness (QED) is 0.938. The molecule has 0 amide bonds. The van der Waals surface area contributed by atoms with Crippen molar-refractivity contribution in [3.8, 4) is 11.4 Å². The molecule has 1 saturated heterocycles. The molecule has 2 aromatic rings. The van der Waals surface area contributed by atoms with Crippen LogP contribution in [0, 0.1) is 0 Å². The highest BCUT2D eigenvalue weighted by Crippen LogP contribution is 2.22. The third-order valence-electron chi connectivity index (χ3n) is 3.78. The largest absolute Gasteiger partial charge is 0.477 e. The molecule has 1 N–H and O–H groups in total. The number of hydrogen-bond donors (Lipinski definition) is 1. The molecule has 0 bridgehead atoms. The van der Waals surface area contributed by atoms with E-state index in [1.807, 2.05) is 6.07 Å². The molecule has 22 heavy (non-hydrogen) atoms. The van der Waals surface area contributed by atoms with Gasteiger partial charge in [0.25, 0.3) is 0 Å². The van der Waals surface area contributed by atoms with Crippen molar-refractivity contribution in [3.63, 3.8) is 0 Å². The highest BCUT2D eigenvalue weighted by molar-refractivity contribution is 5.87. The molecule has 6 heteroatoms. The zero-order valence-electron chi connectivity index (χ0n) is 12.3. The second-order valence-electron chi connectivity index (χ2n) is 5.38. The Labute approximate surface area is 128 Å². The van der Waals surface area contributed by atoms with Crippen molar-refractivity contribution in [3.05, 3.63) is 36.3 Å². The molecule has 1 aliphatic rings. The van der Waals surface area contributed by atoms with Crippen molar-refractivity contribution in [1.82, 2.24) is 15.0 Å². The Hall–Kier alpha value is -2.50. The van der Waals surface area contributed by atoms with E-state index in [-0.39, 0.29) is 5.69 Å². The second-order valence-corrected chi connectivity index (χ2v) is 5.38. The average molecular weight is 298 g/mol. The van der Waals surface area contributed by atoms with Crippen molar-refractivity contribution < 1.29 is 9.90 Å². The van der Waals surface area contributed by atoms with Gasteiger partial charge in [0.05, 0.1) is 0 Å². The van der Waals surface area contributed by atoms with Crippen LogP contribution in [0.1, 0.15) is 36.2 Å². The number of aromatic nitrogens is 3. The molecule has 6 nitrogen and oxygen atoms in total.